The molecule has 1 heteroatoms. The number of hydrogen-bond acceptors (Lipinski definition) is 1. The molecule has 0 aromatic rings. The number of allylic oxidation sites excluding steroid dienone is 4. The Labute approximate surface area is 147 Å². The van der Waals surface area contributed by atoms with Gasteiger partial charge in [-0.25, -0.2) is 0 Å². The van der Waals surface area contributed by atoms with Crippen molar-refractivity contribution in [3.8, 4) is 0 Å². The zero-order valence-electron chi connectivity index (χ0n) is 15.6. The van der Waals surface area contributed by atoms with E-state index in [1.165, 1.54) is 30.4 Å². The zero-order chi connectivity index (χ0) is 17.1. The summed E-state index contributed by atoms with van der Waals surface area (Å²) in [6.45, 7) is 11.6. The van der Waals surface area contributed by atoms with Gasteiger partial charge in [0.2, 0.25) is 0 Å². The van der Waals surface area contributed by atoms with Gasteiger partial charge in [-0.1, -0.05) is 43.7 Å². The summed E-state index contributed by atoms with van der Waals surface area (Å²) in [5, 5.41) is 0. The van der Waals surface area contributed by atoms with Gasteiger partial charge in [0.15, 0.2) is 5.78 Å². The summed E-state index contributed by atoms with van der Waals surface area (Å²) < 4.78 is 0. The van der Waals surface area contributed by atoms with E-state index >= 15 is 0 Å². The molecule has 0 N–H and O–H groups in total. The summed E-state index contributed by atoms with van der Waals surface area (Å²) in [5.41, 5.74) is 3.36. The molecule has 1 nitrogen and oxygen atoms in total. The summed E-state index contributed by atoms with van der Waals surface area (Å²) in [6, 6.07) is 0. The molecular formula is C23H32O. The molecule has 0 unspecified atom stereocenters. The van der Waals surface area contributed by atoms with Gasteiger partial charge in [-0.3, -0.25) is 4.79 Å². The van der Waals surface area contributed by atoms with Crippen molar-refractivity contribution < 1.29 is 4.79 Å². The fraction of sp³-hybridized carbons (Fsp3) is 0.696. The molecule has 0 heterocycles. The molecule has 0 bridgehead atoms. The highest BCUT2D eigenvalue weighted by Crippen LogP contribution is 2.66. The van der Waals surface area contributed by atoms with E-state index in [0.717, 1.165) is 37.0 Å². The van der Waals surface area contributed by atoms with Crippen molar-refractivity contribution >= 4 is 5.78 Å². The lowest BCUT2D eigenvalue weighted by atomic mass is 9.49. The molecule has 0 aromatic heterocycles. The van der Waals surface area contributed by atoms with E-state index in [2.05, 4.69) is 39.5 Å². The number of rotatable bonds is 1. The first kappa shape index (κ1) is 16.4. The lowest BCUT2D eigenvalue weighted by Gasteiger charge is -2.56. The third-order valence-corrected chi connectivity index (χ3v) is 8.10. The average Bonchev–Trinajstić information content (AvgIpc) is 2.78. The molecule has 3 saturated carbocycles. The SMILES string of the molecule is C=C1C[C@H]2[C@H]3[C@H](CC[C@]2(C)[C@@H]1/C=C/C)[C@H]1CCC(=O)C=C1C[C@H]3C. The highest BCUT2D eigenvalue weighted by molar-refractivity contribution is 5.91. The van der Waals surface area contributed by atoms with Crippen molar-refractivity contribution in [1.29, 1.82) is 0 Å². The van der Waals surface area contributed by atoms with Crippen LogP contribution < -0.4 is 0 Å². The van der Waals surface area contributed by atoms with Gasteiger partial charge in [-0.2, -0.15) is 0 Å². The normalized spacial score (nSPS) is 48.0. The maximum Gasteiger partial charge on any atom is 0.155 e. The van der Waals surface area contributed by atoms with Crippen molar-refractivity contribution in [1.82, 2.24) is 0 Å². The predicted octanol–water partition coefficient (Wildman–Crippen LogP) is 5.73. The molecule has 0 aliphatic heterocycles. The van der Waals surface area contributed by atoms with Crippen LogP contribution in [0.5, 0.6) is 0 Å². The average molecular weight is 325 g/mol. The maximum atomic E-state index is 11.9. The summed E-state index contributed by atoms with van der Waals surface area (Å²) in [6.07, 6.45) is 13.6. The van der Waals surface area contributed by atoms with E-state index < -0.39 is 0 Å². The molecular weight excluding hydrogens is 292 g/mol. The molecule has 0 aromatic carbocycles. The van der Waals surface area contributed by atoms with Gasteiger partial charge >= 0.3 is 0 Å². The second-order valence-electron chi connectivity index (χ2n) is 9.27. The first-order valence-corrected chi connectivity index (χ1v) is 9.99. The van der Waals surface area contributed by atoms with Crippen LogP contribution in [0.2, 0.25) is 0 Å². The Bertz CT molecular complexity index is 624. The highest BCUT2D eigenvalue weighted by Gasteiger charge is 2.58. The monoisotopic (exact) mass is 324 g/mol. The number of carbonyl (C=O) groups is 1. The van der Waals surface area contributed by atoms with E-state index in [1.54, 1.807) is 0 Å². The molecule has 7 atom stereocenters. The molecule has 0 amide bonds. The minimum absolute atomic E-state index is 0.370. The summed E-state index contributed by atoms with van der Waals surface area (Å²) in [7, 11) is 0. The Balaban J connectivity index is 1.69. The third kappa shape index (κ3) is 2.23. The Morgan fingerprint density at radius 2 is 2.08 bits per heavy atom. The first-order chi connectivity index (χ1) is 11.5. The topological polar surface area (TPSA) is 17.1 Å². The Hall–Kier alpha value is -1.11. The van der Waals surface area contributed by atoms with Crippen LogP contribution >= 0.6 is 0 Å². The standard InChI is InChI=1S/C23H32O/c1-5-6-20-14(2)12-21-22-15(3)11-16-13-17(24)7-8-18(16)19(22)9-10-23(20,21)4/h5-6,13,15,18-22H,2,7-12H2,1,3-4H3/b6-5+/t15-,18+,19-,20-,21+,22-,23-/m1/s1. The van der Waals surface area contributed by atoms with Crippen molar-refractivity contribution in [2.45, 2.75) is 59.3 Å². The molecule has 24 heavy (non-hydrogen) atoms. The quantitative estimate of drug-likeness (QED) is 0.563. The van der Waals surface area contributed by atoms with E-state index in [1.807, 2.05) is 6.08 Å². The number of carbonyl (C=O) groups excluding carboxylic acids is 1. The van der Waals surface area contributed by atoms with Gasteiger partial charge < -0.3 is 0 Å². The van der Waals surface area contributed by atoms with Crippen LogP contribution in [0.4, 0.5) is 0 Å². The largest absolute Gasteiger partial charge is 0.295 e. The van der Waals surface area contributed by atoms with Crippen molar-refractivity contribution in [2.24, 2.45) is 40.9 Å². The third-order valence-electron chi connectivity index (χ3n) is 8.10. The lowest BCUT2D eigenvalue weighted by molar-refractivity contribution is -0.116. The Morgan fingerprint density at radius 1 is 1.29 bits per heavy atom. The maximum absolute atomic E-state index is 11.9. The highest BCUT2D eigenvalue weighted by atomic mass is 16.1. The lowest BCUT2D eigenvalue weighted by Crippen LogP contribution is -2.49. The van der Waals surface area contributed by atoms with Crippen LogP contribution in [0.25, 0.3) is 0 Å². The molecule has 130 valence electrons. The molecule has 3 fully saturated rings. The van der Waals surface area contributed by atoms with Gasteiger partial charge in [-0.05, 0) is 80.1 Å². The number of fused-ring (bicyclic) bond motifs is 5. The Morgan fingerprint density at radius 3 is 2.83 bits per heavy atom. The zero-order valence-corrected chi connectivity index (χ0v) is 15.6. The fourth-order valence-corrected chi connectivity index (χ4v) is 7.14. The molecule has 4 aliphatic carbocycles. The van der Waals surface area contributed by atoms with Gasteiger partial charge in [0.1, 0.15) is 0 Å². The minimum atomic E-state index is 0.370. The predicted molar refractivity (Wildman–Crippen MR) is 99.5 cm³/mol. The van der Waals surface area contributed by atoms with Crippen molar-refractivity contribution in [3.05, 3.63) is 36.0 Å². The van der Waals surface area contributed by atoms with Crippen LogP contribution in [-0.2, 0) is 4.79 Å². The summed E-state index contributed by atoms with van der Waals surface area (Å²) >= 11 is 0. The second-order valence-corrected chi connectivity index (χ2v) is 9.27. The molecule has 0 radical (unpaired) electrons. The van der Waals surface area contributed by atoms with E-state index in [4.69, 9.17) is 0 Å². The molecule has 4 aliphatic rings. The molecule has 0 spiro atoms. The second kappa shape index (κ2) is 5.71. The van der Waals surface area contributed by atoms with Gasteiger partial charge in [-0.15, -0.1) is 0 Å². The van der Waals surface area contributed by atoms with E-state index in [-0.39, 0.29) is 0 Å². The van der Waals surface area contributed by atoms with Crippen LogP contribution in [0.1, 0.15) is 59.3 Å². The van der Waals surface area contributed by atoms with Gasteiger partial charge in [0.25, 0.3) is 0 Å². The van der Waals surface area contributed by atoms with Crippen LogP contribution in [0, 0.1) is 40.9 Å². The van der Waals surface area contributed by atoms with Crippen molar-refractivity contribution in [2.75, 3.05) is 0 Å². The molecule has 4 rings (SSSR count). The van der Waals surface area contributed by atoms with Crippen LogP contribution in [-0.4, -0.2) is 5.78 Å². The number of hydrogen-bond donors (Lipinski definition) is 0. The number of ketones is 1. The van der Waals surface area contributed by atoms with E-state index in [9.17, 15) is 4.79 Å². The van der Waals surface area contributed by atoms with Crippen LogP contribution in [0.15, 0.2) is 36.0 Å². The van der Waals surface area contributed by atoms with Gasteiger partial charge in [0.05, 0.1) is 0 Å². The first-order valence-electron chi connectivity index (χ1n) is 9.99. The summed E-state index contributed by atoms with van der Waals surface area (Å²) in [5.74, 6) is 4.78. The van der Waals surface area contributed by atoms with Gasteiger partial charge in [0, 0.05) is 12.3 Å². The smallest absolute Gasteiger partial charge is 0.155 e. The Kier molecular flexibility index (Phi) is 3.90. The molecule has 0 saturated heterocycles. The summed E-state index contributed by atoms with van der Waals surface area (Å²) in [4.78, 5) is 11.9. The van der Waals surface area contributed by atoms with E-state index in [0.29, 0.717) is 29.0 Å². The minimum Gasteiger partial charge on any atom is -0.295 e. The van der Waals surface area contributed by atoms with Crippen LogP contribution in [0.3, 0.4) is 0 Å². The fourth-order valence-electron chi connectivity index (χ4n) is 7.14. The van der Waals surface area contributed by atoms with Crippen molar-refractivity contribution in [3.63, 3.8) is 0 Å².